The van der Waals surface area contributed by atoms with Gasteiger partial charge in [-0.25, -0.2) is 0 Å². The predicted molar refractivity (Wildman–Crippen MR) is 88.1 cm³/mol. The van der Waals surface area contributed by atoms with E-state index < -0.39 is 12.6 Å². The Morgan fingerprint density at radius 1 is 0.875 bits per heavy atom. The molecule has 0 amide bonds. The number of hydrogen-bond acceptors (Lipinski definition) is 6. The Morgan fingerprint density at radius 2 is 1.38 bits per heavy atom. The maximum Gasteiger partial charge on any atom is 0.192 e. The maximum atomic E-state index is 5.73. The molecule has 1 aromatic carbocycles. The summed E-state index contributed by atoms with van der Waals surface area (Å²) in [4.78, 5) is 0. The first kappa shape index (κ1) is 18.0. The maximum absolute atomic E-state index is 5.73. The van der Waals surface area contributed by atoms with Crippen LogP contribution in [-0.4, -0.2) is 63.0 Å². The van der Waals surface area contributed by atoms with Crippen LogP contribution in [0.5, 0.6) is 11.5 Å². The highest BCUT2D eigenvalue weighted by atomic mass is 35.5. The van der Waals surface area contributed by atoms with E-state index >= 15 is 0 Å². The second-order valence-corrected chi connectivity index (χ2v) is 6.06. The van der Waals surface area contributed by atoms with Gasteiger partial charge in [0.1, 0.15) is 24.7 Å². The van der Waals surface area contributed by atoms with E-state index in [0.29, 0.717) is 49.7 Å². The van der Waals surface area contributed by atoms with E-state index in [1.807, 2.05) is 18.2 Å². The van der Waals surface area contributed by atoms with Crippen molar-refractivity contribution < 1.29 is 28.4 Å². The van der Waals surface area contributed by atoms with Crippen molar-refractivity contribution in [3.63, 3.8) is 0 Å². The van der Waals surface area contributed by atoms with Gasteiger partial charge >= 0.3 is 0 Å². The Morgan fingerprint density at radius 3 is 1.79 bits per heavy atom. The van der Waals surface area contributed by atoms with Crippen molar-refractivity contribution in [3.8, 4) is 11.5 Å². The van der Waals surface area contributed by atoms with Gasteiger partial charge in [-0.05, 0) is 12.1 Å². The van der Waals surface area contributed by atoms with Crippen LogP contribution < -0.4 is 9.47 Å². The van der Waals surface area contributed by atoms with E-state index in [-0.39, 0.29) is 12.2 Å². The summed E-state index contributed by atoms with van der Waals surface area (Å²) in [7, 11) is 0. The molecule has 2 saturated heterocycles. The Balaban J connectivity index is 1.42. The van der Waals surface area contributed by atoms with Crippen molar-refractivity contribution in [2.75, 3.05) is 38.2 Å². The van der Waals surface area contributed by atoms with Gasteiger partial charge in [0.05, 0.1) is 37.2 Å². The second-order valence-electron chi connectivity index (χ2n) is 5.45. The number of benzene rings is 1. The predicted octanol–water partition coefficient (Wildman–Crippen LogP) is 2.40. The van der Waals surface area contributed by atoms with Crippen LogP contribution >= 0.6 is 23.2 Å². The van der Waals surface area contributed by atoms with Crippen molar-refractivity contribution in [2.24, 2.45) is 0 Å². The topological polar surface area (TPSA) is 55.4 Å². The summed E-state index contributed by atoms with van der Waals surface area (Å²) < 4.78 is 33.3. The van der Waals surface area contributed by atoms with E-state index in [4.69, 9.17) is 51.6 Å². The third-order valence-corrected chi connectivity index (χ3v) is 4.23. The van der Waals surface area contributed by atoms with Crippen molar-refractivity contribution in [2.45, 2.75) is 24.8 Å². The van der Waals surface area contributed by atoms with Crippen LogP contribution in [-0.2, 0) is 18.9 Å². The van der Waals surface area contributed by atoms with Gasteiger partial charge in [-0.3, -0.25) is 0 Å². The molecule has 4 unspecified atom stereocenters. The molecule has 2 aliphatic heterocycles. The zero-order valence-corrected chi connectivity index (χ0v) is 14.6. The third kappa shape index (κ3) is 5.12. The minimum atomic E-state index is -0.397. The molecule has 2 fully saturated rings. The monoisotopic (exact) mass is 378 g/mol. The van der Waals surface area contributed by atoms with Gasteiger partial charge in [0.25, 0.3) is 0 Å². The molecule has 4 atom stereocenters. The fourth-order valence-electron chi connectivity index (χ4n) is 2.33. The molecule has 2 aliphatic rings. The van der Waals surface area contributed by atoms with E-state index in [1.165, 1.54) is 0 Å². The van der Waals surface area contributed by atoms with Gasteiger partial charge in [-0.1, -0.05) is 6.07 Å². The van der Waals surface area contributed by atoms with Gasteiger partial charge in [-0.15, -0.1) is 23.2 Å². The van der Waals surface area contributed by atoms with Gasteiger partial charge in [0.15, 0.2) is 12.6 Å². The van der Waals surface area contributed by atoms with E-state index in [0.717, 1.165) is 0 Å². The highest BCUT2D eigenvalue weighted by Crippen LogP contribution is 2.22. The second kappa shape index (κ2) is 9.08. The van der Waals surface area contributed by atoms with Crippen molar-refractivity contribution in [1.29, 1.82) is 0 Å². The van der Waals surface area contributed by atoms with Gasteiger partial charge in [0.2, 0.25) is 0 Å². The van der Waals surface area contributed by atoms with Crippen molar-refractivity contribution >= 4 is 23.2 Å². The third-order valence-electron chi connectivity index (χ3n) is 3.55. The number of ether oxygens (including phenoxy) is 6. The Bertz CT molecular complexity index is 476. The quantitative estimate of drug-likeness (QED) is 0.647. The average Bonchev–Trinajstić information content (AvgIpc) is 3.27. The molecule has 3 rings (SSSR count). The SMILES string of the molecule is ClCC1COC(COc2cccc(OCC3OCC(CCl)O3)c2)O1. The summed E-state index contributed by atoms with van der Waals surface area (Å²) in [6, 6.07) is 7.32. The molecule has 0 spiro atoms. The van der Waals surface area contributed by atoms with Crippen LogP contribution in [0.15, 0.2) is 24.3 Å². The van der Waals surface area contributed by atoms with Crippen LogP contribution in [0.25, 0.3) is 0 Å². The first-order chi connectivity index (χ1) is 11.8. The molecule has 8 heteroatoms. The lowest BCUT2D eigenvalue weighted by Crippen LogP contribution is -2.21. The van der Waals surface area contributed by atoms with Crippen LogP contribution in [0, 0.1) is 0 Å². The standard InChI is InChI=1S/C16H20Cl2O6/c17-5-13-7-21-15(23-13)9-19-11-2-1-3-12(4-11)20-10-16-22-8-14(6-18)24-16/h1-4,13-16H,5-10H2. The fraction of sp³-hybridized carbons (Fsp3) is 0.625. The average molecular weight is 379 g/mol. The molecule has 1 aromatic rings. The summed E-state index contributed by atoms with van der Waals surface area (Å²) in [5.41, 5.74) is 0. The summed E-state index contributed by atoms with van der Waals surface area (Å²) >= 11 is 11.5. The fourth-order valence-corrected chi connectivity index (χ4v) is 2.66. The number of rotatable bonds is 8. The van der Waals surface area contributed by atoms with Crippen molar-refractivity contribution in [1.82, 2.24) is 0 Å². The van der Waals surface area contributed by atoms with E-state index in [2.05, 4.69) is 0 Å². The smallest absolute Gasteiger partial charge is 0.192 e. The number of halogens is 2. The molecule has 0 aliphatic carbocycles. The van der Waals surface area contributed by atoms with Crippen LogP contribution in [0.1, 0.15) is 0 Å². The van der Waals surface area contributed by atoms with Crippen LogP contribution in [0.4, 0.5) is 0 Å². The lowest BCUT2D eigenvalue weighted by Gasteiger charge is -2.14. The van der Waals surface area contributed by atoms with Gasteiger partial charge in [-0.2, -0.15) is 0 Å². The zero-order chi connectivity index (χ0) is 16.8. The van der Waals surface area contributed by atoms with E-state index in [1.54, 1.807) is 6.07 Å². The molecule has 2 heterocycles. The van der Waals surface area contributed by atoms with Gasteiger partial charge in [0, 0.05) is 6.07 Å². The zero-order valence-electron chi connectivity index (χ0n) is 13.1. The Kier molecular flexibility index (Phi) is 6.83. The normalized spacial score (nSPS) is 29.8. The summed E-state index contributed by atoms with van der Waals surface area (Å²) in [5.74, 6) is 2.16. The molecule has 6 nitrogen and oxygen atoms in total. The first-order valence-electron chi connectivity index (χ1n) is 7.78. The van der Waals surface area contributed by atoms with Gasteiger partial charge < -0.3 is 28.4 Å². The van der Waals surface area contributed by atoms with E-state index in [9.17, 15) is 0 Å². The minimum absolute atomic E-state index is 0.0711. The summed E-state index contributed by atoms with van der Waals surface area (Å²) in [6.07, 6.45) is -0.937. The molecule has 0 saturated carbocycles. The largest absolute Gasteiger partial charge is 0.488 e. The molecule has 134 valence electrons. The number of alkyl halides is 2. The Labute approximate surface area is 150 Å². The highest BCUT2D eigenvalue weighted by molar-refractivity contribution is 6.18. The lowest BCUT2D eigenvalue weighted by molar-refractivity contribution is -0.0799. The molecule has 24 heavy (non-hydrogen) atoms. The lowest BCUT2D eigenvalue weighted by atomic mass is 10.3. The molecule has 0 N–H and O–H groups in total. The molecule has 0 aromatic heterocycles. The summed E-state index contributed by atoms with van der Waals surface area (Å²) in [6.45, 7) is 1.57. The highest BCUT2D eigenvalue weighted by Gasteiger charge is 2.26. The molecular formula is C16H20Cl2O6. The van der Waals surface area contributed by atoms with Crippen molar-refractivity contribution in [3.05, 3.63) is 24.3 Å². The first-order valence-corrected chi connectivity index (χ1v) is 8.85. The molecule has 0 radical (unpaired) electrons. The molecular weight excluding hydrogens is 359 g/mol. The number of hydrogen-bond donors (Lipinski definition) is 0. The Hall–Kier alpha value is -0.760. The minimum Gasteiger partial charge on any atom is -0.488 e. The molecule has 0 bridgehead atoms. The van der Waals surface area contributed by atoms with Crippen LogP contribution in [0.3, 0.4) is 0 Å². The van der Waals surface area contributed by atoms with Crippen LogP contribution in [0.2, 0.25) is 0 Å². The summed E-state index contributed by atoms with van der Waals surface area (Å²) in [5, 5.41) is 0.